The fourth-order valence-corrected chi connectivity index (χ4v) is 1.80. The van der Waals surface area contributed by atoms with Crippen LogP contribution in [0.2, 0.25) is 5.02 Å². The van der Waals surface area contributed by atoms with E-state index >= 15 is 0 Å². The second-order valence-corrected chi connectivity index (χ2v) is 4.27. The molecule has 2 rings (SSSR count). The lowest BCUT2D eigenvalue weighted by Gasteiger charge is -2.09. The largest absolute Gasteiger partial charge is 0.506 e. The van der Waals surface area contributed by atoms with E-state index in [9.17, 15) is 14.7 Å². The number of carbonyl (C=O) groups excluding carboxylic acids is 2. The molecule has 17 heavy (non-hydrogen) atoms. The Labute approximate surface area is 103 Å². The SMILES string of the molecule is O=C1CC(C(=O)Nc2ccc(O)c(Cl)c2)CN1. The molecule has 1 aromatic carbocycles. The Morgan fingerprint density at radius 1 is 1.53 bits per heavy atom. The maximum atomic E-state index is 11.7. The van der Waals surface area contributed by atoms with Crippen LogP contribution in [0.1, 0.15) is 6.42 Å². The molecule has 0 radical (unpaired) electrons. The zero-order chi connectivity index (χ0) is 12.4. The summed E-state index contributed by atoms with van der Waals surface area (Å²) in [6, 6.07) is 4.40. The summed E-state index contributed by atoms with van der Waals surface area (Å²) in [7, 11) is 0. The third-order valence-electron chi connectivity index (χ3n) is 2.56. The minimum absolute atomic E-state index is 0.0395. The van der Waals surface area contributed by atoms with Gasteiger partial charge >= 0.3 is 0 Å². The van der Waals surface area contributed by atoms with Crippen molar-refractivity contribution >= 4 is 29.1 Å². The molecular weight excluding hydrogens is 244 g/mol. The van der Waals surface area contributed by atoms with Crippen molar-refractivity contribution in [1.82, 2.24) is 5.32 Å². The van der Waals surface area contributed by atoms with Crippen LogP contribution in [0, 0.1) is 5.92 Å². The van der Waals surface area contributed by atoms with E-state index < -0.39 is 0 Å². The molecule has 5 nitrogen and oxygen atoms in total. The quantitative estimate of drug-likeness (QED) is 0.692. The van der Waals surface area contributed by atoms with Crippen molar-refractivity contribution in [3.05, 3.63) is 23.2 Å². The summed E-state index contributed by atoms with van der Waals surface area (Å²) >= 11 is 5.71. The Balaban J connectivity index is 2.03. The smallest absolute Gasteiger partial charge is 0.229 e. The number of aromatic hydroxyl groups is 1. The fourth-order valence-electron chi connectivity index (χ4n) is 1.62. The van der Waals surface area contributed by atoms with Crippen LogP contribution >= 0.6 is 11.6 Å². The van der Waals surface area contributed by atoms with E-state index in [-0.39, 0.29) is 34.9 Å². The van der Waals surface area contributed by atoms with Crippen LogP contribution < -0.4 is 10.6 Å². The number of hydrogen-bond donors (Lipinski definition) is 3. The Morgan fingerprint density at radius 2 is 2.29 bits per heavy atom. The predicted octanol–water partition coefficient (Wildman–Crippen LogP) is 1.12. The number of halogens is 1. The number of benzene rings is 1. The van der Waals surface area contributed by atoms with Gasteiger partial charge in [-0.25, -0.2) is 0 Å². The molecule has 0 aromatic heterocycles. The molecule has 0 saturated carbocycles. The Hall–Kier alpha value is -1.75. The number of anilines is 1. The average molecular weight is 255 g/mol. The highest BCUT2D eigenvalue weighted by Crippen LogP contribution is 2.26. The van der Waals surface area contributed by atoms with Gasteiger partial charge < -0.3 is 15.7 Å². The molecule has 1 unspecified atom stereocenters. The molecule has 2 amide bonds. The maximum Gasteiger partial charge on any atom is 0.229 e. The van der Waals surface area contributed by atoms with Gasteiger partial charge in [0.1, 0.15) is 5.75 Å². The van der Waals surface area contributed by atoms with Gasteiger partial charge in [0.2, 0.25) is 11.8 Å². The zero-order valence-corrected chi connectivity index (χ0v) is 9.62. The highest BCUT2D eigenvalue weighted by molar-refractivity contribution is 6.32. The summed E-state index contributed by atoms with van der Waals surface area (Å²) in [6.45, 7) is 0.358. The fraction of sp³-hybridized carbons (Fsp3) is 0.273. The summed E-state index contributed by atoms with van der Waals surface area (Å²) in [5.74, 6) is -0.739. The van der Waals surface area contributed by atoms with Gasteiger partial charge in [-0.15, -0.1) is 0 Å². The van der Waals surface area contributed by atoms with E-state index in [1.165, 1.54) is 12.1 Å². The monoisotopic (exact) mass is 254 g/mol. The Kier molecular flexibility index (Phi) is 3.19. The number of hydrogen-bond acceptors (Lipinski definition) is 3. The number of nitrogens with one attached hydrogen (secondary N) is 2. The lowest BCUT2D eigenvalue weighted by Crippen LogP contribution is -2.24. The standard InChI is InChI=1S/C11H11ClN2O3/c12-8-4-7(1-2-9(8)15)14-11(17)6-3-10(16)13-5-6/h1-2,4,6,15H,3,5H2,(H,13,16)(H,14,17). The Morgan fingerprint density at radius 3 is 2.88 bits per heavy atom. The van der Waals surface area contributed by atoms with Gasteiger partial charge in [-0.05, 0) is 18.2 Å². The predicted molar refractivity (Wildman–Crippen MR) is 62.9 cm³/mol. The van der Waals surface area contributed by atoms with Gasteiger partial charge in [0.25, 0.3) is 0 Å². The van der Waals surface area contributed by atoms with Crippen LogP contribution in [0.25, 0.3) is 0 Å². The number of amides is 2. The van der Waals surface area contributed by atoms with Gasteiger partial charge in [0.15, 0.2) is 0 Å². The first kappa shape index (κ1) is 11.7. The first-order valence-electron chi connectivity index (χ1n) is 5.12. The van der Waals surface area contributed by atoms with E-state index in [0.29, 0.717) is 12.2 Å². The molecule has 1 heterocycles. The van der Waals surface area contributed by atoms with E-state index in [1.807, 2.05) is 0 Å². The molecular formula is C11H11ClN2O3. The van der Waals surface area contributed by atoms with Crippen molar-refractivity contribution in [3.8, 4) is 5.75 Å². The molecule has 1 aliphatic heterocycles. The molecule has 0 spiro atoms. The molecule has 1 saturated heterocycles. The molecule has 1 atom stereocenters. The molecule has 0 aliphatic carbocycles. The minimum Gasteiger partial charge on any atom is -0.506 e. The van der Waals surface area contributed by atoms with Crippen LogP contribution in [-0.4, -0.2) is 23.5 Å². The summed E-state index contributed by atoms with van der Waals surface area (Å²) in [6.07, 6.45) is 0.206. The molecule has 1 fully saturated rings. The first-order chi connectivity index (χ1) is 8.06. The van der Waals surface area contributed by atoms with Gasteiger partial charge in [-0.1, -0.05) is 11.6 Å². The summed E-state index contributed by atoms with van der Waals surface area (Å²) in [4.78, 5) is 22.7. The van der Waals surface area contributed by atoms with E-state index in [4.69, 9.17) is 11.6 Å². The summed E-state index contributed by atoms with van der Waals surface area (Å²) in [5.41, 5.74) is 0.497. The number of rotatable bonds is 2. The maximum absolute atomic E-state index is 11.7. The molecule has 0 bridgehead atoms. The Bertz CT molecular complexity index is 476. The first-order valence-corrected chi connectivity index (χ1v) is 5.50. The third-order valence-corrected chi connectivity index (χ3v) is 2.87. The van der Waals surface area contributed by atoms with Gasteiger partial charge in [0.05, 0.1) is 10.9 Å². The number of phenols is 1. The number of phenolic OH excluding ortho intramolecular Hbond substituents is 1. The molecule has 6 heteroatoms. The van der Waals surface area contributed by atoms with Gasteiger partial charge in [0, 0.05) is 18.7 Å². The highest BCUT2D eigenvalue weighted by atomic mass is 35.5. The number of carbonyl (C=O) groups is 2. The van der Waals surface area contributed by atoms with Crippen molar-refractivity contribution < 1.29 is 14.7 Å². The van der Waals surface area contributed by atoms with Gasteiger partial charge in [-0.2, -0.15) is 0 Å². The van der Waals surface area contributed by atoms with Crippen LogP contribution in [0.15, 0.2) is 18.2 Å². The molecule has 3 N–H and O–H groups in total. The highest BCUT2D eigenvalue weighted by Gasteiger charge is 2.27. The average Bonchev–Trinajstić information content (AvgIpc) is 2.70. The lowest BCUT2D eigenvalue weighted by atomic mass is 10.1. The zero-order valence-electron chi connectivity index (χ0n) is 8.87. The molecule has 90 valence electrons. The van der Waals surface area contributed by atoms with Crippen molar-refractivity contribution in [3.63, 3.8) is 0 Å². The van der Waals surface area contributed by atoms with Crippen LogP contribution in [0.5, 0.6) is 5.75 Å². The molecule has 1 aliphatic rings. The van der Waals surface area contributed by atoms with Crippen LogP contribution in [0.3, 0.4) is 0 Å². The normalized spacial score (nSPS) is 18.9. The van der Waals surface area contributed by atoms with Crippen LogP contribution in [0.4, 0.5) is 5.69 Å². The second-order valence-electron chi connectivity index (χ2n) is 3.86. The third kappa shape index (κ3) is 2.68. The van der Waals surface area contributed by atoms with Crippen molar-refractivity contribution in [2.45, 2.75) is 6.42 Å². The second kappa shape index (κ2) is 4.63. The van der Waals surface area contributed by atoms with Crippen molar-refractivity contribution in [2.24, 2.45) is 5.92 Å². The topological polar surface area (TPSA) is 78.4 Å². The minimum atomic E-state index is -0.352. The van der Waals surface area contributed by atoms with E-state index in [2.05, 4.69) is 10.6 Å². The summed E-state index contributed by atoms with van der Waals surface area (Å²) < 4.78 is 0. The molecule has 1 aromatic rings. The van der Waals surface area contributed by atoms with E-state index in [1.54, 1.807) is 6.07 Å². The summed E-state index contributed by atoms with van der Waals surface area (Å²) in [5, 5.41) is 14.6. The van der Waals surface area contributed by atoms with Crippen LogP contribution in [-0.2, 0) is 9.59 Å². The van der Waals surface area contributed by atoms with Gasteiger partial charge in [-0.3, -0.25) is 9.59 Å². The van der Waals surface area contributed by atoms with E-state index in [0.717, 1.165) is 0 Å². The van der Waals surface area contributed by atoms with Crippen molar-refractivity contribution in [1.29, 1.82) is 0 Å². The van der Waals surface area contributed by atoms with Crippen molar-refractivity contribution in [2.75, 3.05) is 11.9 Å². The lowest BCUT2D eigenvalue weighted by molar-refractivity contribution is -0.123.